The monoisotopic (exact) mass is 255 g/mol. The Morgan fingerprint density at radius 1 is 1.32 bits per heavy atom. The molecule has 3 nitrogen and oxygen atoms in total. The number of hydrogen-bond acceptors (Lipinski definition) is 2. The molecule has 0 bridgehead atoms. The maximum Gasteiger partial charge on any atom is 0.419 e. The summed E-state index contributed by atoms with van der Waals surface area (Å²) < 4.78 is 5.03. The van der Waals surface area contributed by atoms with Crippen LogP contribution in [0.1, 0.15) is 30.7 Å². The highest BCUT2D eigenvalue weighted by atomic mass is 16.5. The van der Waals surface area contributed by atoms with E-state index in [9.17, 15) is 4.79 Å². The largest absolute Gasteiger partial charge is 0.419 e. The number of ether oxygens (including phenoxy) is 1. The number of carbonyl (C=O) groups is 1. The molecule has 1 amide bonds. The highest BCUT2D eigenvalue weighted by Crippen LogP contribution is 2.63. The summed E-state index contributed by atoms with van der Waals surface area (Å²) in [5, 5.41) is 0. The van der Waals surface area contributed by atoms with Gasteiger partial charge in [-0.1, -0.05) is 31.2 Å². The molecule has 2 fully saturated rings. The maximum absolute atomic E-state index is 12.2. The zero-order valence-electron chi connectivity index (χ0n) is 10.8. The smallest absolute Gasteiger partial charge is 0.419 e. The fourth-order valence-corrected chi connectivity index (χ4v) is 4.53. The van der Waals surface area contributed by atoms with Gasteiger partial charge >= 0.3 is 6.09 Å². The van der Waals surface area contributed by atoms with Gasteiger partial charge in [0, 0.05) is 5.92 Å². The summed E-state index contributed by atoms with van der Waals surface area (Å²) in [5.41, 5.74) is 2.37. The standard InChI is InChI=1S/C16H17NO2/c1-2-19-16(18)17-13-9-4-3-6-12(13)14-10-7-5-8-11(10)15(14)17/h2-4,6,9-11,14-15H,1,5,7-8H2/t10-,11+,14-,15-/m0/s1. The van der Waals surface area contributed by atoms with Gasteiger partial charge in [0.25, 0.3) is 0 Å². The summed E-state index contributed by atoms with van der Waals surface area (Å²) in [5.74, 6) is 1.96. The molecule has 1 aliphatic heterocycles. The lowest BCUT2D eigenvalue weighted by atomic mass is 9.61. The molecule has 1 aromatic carbocycles. The van der Waals surface area contributed by atoms with Gasteiger partial charge in [0.2, 0.25) is 0 Å². The third-order valence-corrected chi connectivity index (χ3v) is 5.13. The molecule has 0 radical (unpaired) electrons. The molecule has 0 spiro atoms. The van der Waals surface area contributed by atoms with Crippen LogP contribution in [0.15, 0.2) is 37.1 Å². The van der Waals surface area contributed by atoms with Gasteiger partial charge in [-0.15, -0.1) is 0 Å². The lowest BCUT2D eigenvalue weighted by Gasteiger charge is -2.47. The maximum atomic E-state index is 12.2. The lowest BCUT2D eigenvalue weighted by Crippen LogP contribution is -2.54. The molecule has 1 heterocycles. The zero-order chi connectivity index (χ0) is 13.0. The molecule has 3 heteroatoms. The van der Waals surface area contributed by atoms with E-state index in [2.05, 4.69) is 18.7 Å². The van der Waals surface area contributed by atoms with Gasteiger partial charge in [-0.25, -0.2) is 4.79 Å². The molecular weight excluding hydrogens is 238 g/mol. The Morgan fingerprint density at radius 2 is 2.11 bits per heavy atom. The van der Waals surface area contributed by atoms with Crippen molar-refractivity contribution >= 4 is 11.8 Å². The Balaban J connectivity index is 1.77. The third-order valence-electron chi connectivity index (χ3n) is 5.13. The van der Waals surface area contributed by atoms with E-state index in [0.717, 1.165) is 11.6 Å². The molecular formula is C16H17NO2. The molecule has 0 N–H and O–H groups in total. The molecule has 98 valence electrons. The van der Waals surface area contributed by atoms with Crippen LogP contribution in [0.25, 0.3) is 0 Å². The van der Waals surface area contributed by atoms with E-state index in [4.69, 9.17) is 4.74 Å². The lowest BCUT2D eigenvalue weighted by molar-refractivity contribution is 0.123. The third kappa shape index (κ3) is 1.30. The van der Waals surface area contributed by atoms with Gasteiger partial charge < -0.3 is 4.74 Å². The van der Waals surface area contributed by atoms with Gasteiger partial charge in [0.05, 0.1) is 18.0 Å². The number of carbonyl (C=O) groups excluding carboxylic acids is 1. The van der Waals surface area contributed by atoms with Gasteiger partial charge in [-0.05, 0) is 36.3 Å². The summed E-state index contributed by atoms with van der Waals surface area (Å²) in [6.45, 7) is 3.49. The number of fused-ring (bicyclic) bond motifs is 6. The van der Waals surface area contributed by atoms with Crippen molar-refractivity contribution in [2.75, 3.05) is 4.90 Å². The normalized spacial score (nSPS) is 34.0. The molecule has 0 saturated heterocycles. The number of nitrogens with zero attached hydrogens (tertiary/aromatic N) is 1. The van der Waals surface area contributed by atoms with E-state index in [1.54, 1.807) is 0 Å². The molecule has 4 atom stereocenters. The first kappa shape index (κ1) is 11.1. The first-order valence-corrected chi connectivity index (χ1v) is 7.02. The van der Waals surface area contributed by atoms with Crippen molar-refractivity contribution in [3.63, 3.8) is 0 Å². The number of hydrogen-bond donors (Lipinski definition) is 0. The first-order chi connectivity index (χ1) is 9.33. The van der Waals surface area contributed by atoms with Crippen LogP contribution in [0.5, 0.6) is 0 Å². The van der Waals surface area contributed by atoms with Crippen molar-refractivity contribution in [1.29, 1.82) is 0 Å². The number of rotatable bonds is 1. The van der Waals surface area contributed by atoms with Crippen LogP contribution in [0.4, 0.5) is 10.5 Å². The Bertz CT molecular complexity index is 553. The molecule has 2 saturated carbocycles. The predicted molar refractivity (Wildman–Crippen MR) is 73.0 cm³/mol. The van der Waals surface area contributed by atoms with Crippen molar-refractivity contribution < 1.29 is 9.53 Å². The second-order valence-corrected chi connectivity index (χ2v) is 5.75. The average Bonchev–Trinajstić information content (AvgIpc) is 2.92. The molecule has 3 aliphatic rings. The van der Waals surface area contributed by atoms with Crippen LogP contribution in [-0.2, 0) is 4.74 Å². The van der Waals surface area contributed by atoms with Crippen LogP contribution in [0.3, 0.4) is 0 Å². The van der Waals surface area contributed by atoms with Crippen LogP contribution in [0.2, 0.25) is 0 Å². The number of amides is 1. The quantitative estimate of drug-likeness (QED) is 0.716. The van der Waals surface area contributed by atoms with E-state index in [-0.39, 0.29) is 6.09 Å². The van der Waals surface area contributed by atoms with Gasteiger partial charge in [-0.2, -0.15) is 0 Å². The van der Waals surface area contributed by atoms with Gasteiger partial charge in [0.15, 0.2) is 0 Å². The number of anilines is 1. The molecule has 0 unspecified atom stereocenters. The minimum atomic E-state index is -0.277. The van der Waals surface area contributed by atoms with E-state index >= 15 is 0 Å². The number of benzene rings is 1. The Hall–Kier alpha value is -1.77. The molecule has 1 aromatic rings. The summed E-state index contributed by atoms with van der Waals surface area (Å²) in [6, 6.07) is 8.59. The van der Waals surface area contributed by atoms with Crippen molar-refractivity contribution in [3.8, 4) is 0 Å². The Kier molecular flexibility index (Phi) is 2.25. The highest BCUT2D eigenvalue weighted by molar-refractivity contribution is 5.93. The SMILES string of the molecule is C=COC(=O)N1c2ccccc2[C@@H]2[C@H]3CCC[C@H]3[C@@H]21. The summed E-state index contributed by atoms with van der Waals surface area (Å²) in [4.78, 5) is 14.1. The van der Waals surface area contributed by atoms with E-state index in [0.29, 0.717) is 17.9 Å². The van der Waals surface area contributed by atoms with Crippen LogP contribution in [-0.4, -0.2) is 12.1 Å². The Labute approximate surface area is 112 Å². The van der Waals surface area contributed by atoms with Crippen LogP contribution < -0.4 is 4.90 Å². The van der Waals surface area contributed by atoms with Gasteiger partial charge in [-0.3, -0.25) is 4.90 Å². The minimum absolute atomic E-state index is 0.277. The molecule has 19 heavy (non-hydrogen) atoms. The topological polar surface area (TPSA) is 29.5 Å². The van der Waals surface area contributed by atoms with Crippen molar-refractivity contribution in [2.45, 2.75) is 31.2 Å². The minimum Gasteiger partial charge on any atom is -0.419 e. The molecule has 0 aromatic heterocycles. The van der Waals surface area contributed by atoms with Crippen molar-refractivity contribution in [2.24, 2.45) is 11.8 Å². The number of para-hydroxylation sites is 1. The van der Waals surface area contributed by atoms with Crippen molar-refractivity contribution in [3.05, 3.63) is 42.7 Å². The van der Waals surface area contributed by atoms with Crippen LogP contribution >= 0.6 is 0 Å². The van der Waals surface area contributed by atoms with E-state index < -0.39 is 0 Å². The Morgan fingerprint density at radius 3 is 2.95 bits per heavy atom. The summed E-state index contributed by atoms with van der Waals surface area (Å²) in [6.07, 6.45) is 4.81. The summed E-state index contributed by atoms with van der Waals surface area (Å²) in [7, 11) is 0. The highest BCUT2D eigenvalue weighted by Gasteiger charge is 2.60. The fourth-order valence-electron chi connectivity index (χ4n) is 4.53. The second kappa shape index (κ2) is 3.86. The molecule has 4 rings (SSSR count). The summed E-state index contributed by atoms with van der Waals surface area (Å²) >= 11 is 0. The second-order valence-electron chi connectivity index (χ2n) is 5.75. The van der Waals surface area contributed by atoms with Crippen molar-refractivity contribution in [1.82, 2.24) is 0 Å². The average molecular weight is 255 g/mol. The first-order valence-electron chi connectivity index (χ1n) is 7.02. The van der Waals surface area contributed by atoms with Crippen LogP contribution in [0, 0.1) is 11.8 Å². The zero-order valence-corrected chi connectivity index (χ0v) is 10.8. The fraction of sp³-hybridized carbons (Fsp3) is 0.438. The van der Waals surface area contributed by atoms with E-state index in [1.807, 2.05) is 17.0 Å². The van der Waals surface area contributed by atoms with Gasteiger partial charge in [0.1, 0.15) is 0 Å². The van der Waals surface area contributed by atoms with E-state index in [1.165, 1.54) is 31.1 Å². The molecule has 2 aliphatic carbocycles. The predicted octanol–water partition coefficient (Wildman–Crippen LogP) is 3.67.